The van der Waals surface area contributed by atoms with Crippen molar-refractivity contribution >= 4 is 23.3 Å². The second-order valence-corrected chi connectivity index (χ2v) is 10.4. The fourth-order valence-corrected chi connectivity index (χ4v) is 5.13. The first-order valence-electron chi connectivity index (χ1n) is 13.7. The number of phenols is 2. The lowest BCUT2D eigenvalue weighted by Gasteiger charge is -2.29. The lowest BCUT2D eigenvalue weighted by molar-refractivity contribution is -0.142. The van der Waals surface area contributed by atoms with Gasteiger partial charge in [-0.15, -0.1) is 0 Å². The number of hydrogen-bond donors (Lipinski definition) is 3. The van der Waals surface area contributed by atoms with E-state index in [-0.39, 0.29) is 46.0 Å². The highest BCUT2D eigenvalue weighted by Crippen LogP contribution is 2.57. The Morgan fingerprint density at radius 1 is 1.00 bits per heavy atom. The number of carbonyl (C=O) groups excluding carboxylic acids is 4. The molecular formula is C30H39NO8. The van der Waals surface area contributed by atoms with Crippen molar-refractivity contribution < 1.29 is 38.9 Å². The van der Waals surface area contributed by atoms with Crippen LogP contribution >= 0.6 is 0 Å². The smallest absolute Gasteiger partial charge is 0.325 e. The van der Waals surface area contributed by atoms with Gasteiger partial charge in [-0.1, -0.05) is 51.9 Å². The van der Waals surface area contributed by atoms with Crippen molar-refractivity contribution in [3.63, 3.8) is 0 Å². The first-order valence-corrected chi connectivity index (χ1v) is 13.7. The van der Waals surface area contributed by atoms with Crippen LogP contribution in [-0.4, -0.2) is 46.7 Å². The van der Waals surface area contributed by atoms with Crippen LogP contribution in [0.4, 0.5) is 0 Å². The molecule has 1 aliphatic heterocycles. The monoisotopic (exact) mass is 541 g/mol. The first kappa shape index (κ1) is 29.9. The van der Waals surface area contributed by atoms with Crippen LogP contribution in [0.5, 0.6) is 17.2 Å². The van der Waals surface area contributed by atoms with E-state index in [0.717, 1.165) is 25.3 Å². The maximum Gasteiger partial charge on any atom is 0.325 e. The van der Waals surface area contributed by atoms with Crippen LogP contribution in [0.1, 0.15) is 101 Å². The van der Waals surface area contributed by atoms with Gasteiger partial charge < -0.3 is 25.0 Å². The van der Waals surface area contributed by atoms with Gasteiger partial charge in [0.2, 0.25) is 0 Å². The van der Waals surface area contributed by atoms with Gasteiger partial charge in [0, 0.05) is 17.3 Å². The fraction of sp³-hybridized carbons (Fsp3) is 0.533. The molecule has 1 aromatic carbocycles. The molecule has 0 aromatic heterocycles. The predicted molar refractivity (Wildman–Crippen MR) is 145 cm³/mol. The van der Waals surface area contributed by atoms with Gasteiger partial charge in [0.05, 0.1) is 17.7 Å². The number of Topliss-reactive ketones (excluding diaryl/α,β-unsaturated/α-hetero) is 2. The molecule has 0 saturated carbocycles. The van der Waals surface area contributed by atoms with Crippen LogP contribution in [0, 0.1) is 6.92 Å². The molecule has 0 bridgehead atoms. The van der Waals surface area contributed by atoms with Gasteiger partial charge in [-0.2, -0.15) is 0 Å². The van der Waals surface area contributed by atoms with Crippen molar-refractivity contribution in [3.8, 4) is 17.2 Å². The Balaban J connectivity index is 1.69. The molecule has 9 nitrogen and oxygen atoms in total. The lowest BCUT2D eigenvalue weighted by atomic mass is 9.70. The predicted octanol–water partition coefficient (Wildman–Crippen LogP) is 4.84. The Morgan fingerprint density at radius 3 is 2.23 bits per heavy atom. The number of esters is 1. The van der Waals surface area contributed by atoms with E-state index in [4.69, 9.17) is 9.47 Å². The second kappa shape index (κ2) is 12.5. The number of ketones is 3. The van der Waals surface area contributed by atoms with Gasteiger partial charge in [0.1, 0.15) is 40.5 Å². The molecule has 9 heteroatoms. The average molecular weight is 542 g/mol. The highest BCUT2D eigenvalue weighted by Gasteiger charge is 2.56. The number of ether oxygens (including phenoxy) is 2. The largest absolute Gasteiger partial charge is 0.507 e. The Labute approximate surface area is 229 Å². The van der Waals surface area contributed by atoms with Crippen molar-refractivity contribution in [2.45, 2.75) is 91.4 Å². The topological polar surface area (TPSA) is 139 Å². The Morgan fingerprint density at radius 2 is 1.62 bits per heavy atom. The molecule has 0 unspecified atom stereocenters. The minimum atomic E-state index is -1.61. The maximum atomic E-state index is 13.8. The molecule has 1 atom stereocenters. The molecule has 0 amide bonds. The van der Waals surface area contributed by atoms with E-state index in [0.29, 0.717) is 6.61 Å². The van der Waals surface area contributed by atoms with Gasteiger partial charge in [0.15, 0.2) is 17.3 Å². The molecule has 2 aliphatic rings. The fourth-order valence-electron chi connectivity index (χ4n) is 5.13. The van der Waals surface area contributed by atoms with E-state index in [1.54, 1.807) is 0 Å². The number of unbranched alkanes of at least 4 members (excludes halogenated alkanes) is 7. The van der Waals surface area contributed by atoms with Crippen molar-refractivity contribution in [3.05, 3.63) is 39.8 Å². The number of hydrogen-bond acceptors (Lipinski definition) is 9. The third-order valence-electron chi connectivity index (χ3n) is 7.52. The van der Waals surface area contributed by atoms with Gasteiger partial charge in [0.25, 0.3) is 0 Å². The first-order chi connectivity index (χ1) is 18.5. The summed E-state index contributed by atoms with van der Waals surface area (Å²) in [5, 5.41) is 24.1. The summed E-state index contributed by atoms with van der Waals surface area (Å²) in [6.45, 7) is 7.93. The molecule has 1 heterocycles. The quantitative estimate of drug-likeness (QED) is 0.105. The minimum Gasteiger partial charge on any atom is -0.507 e. The third-order valence-corrected chi connectivity index (χ3v) is 7.52. The summed E-state index contributed by atoms with van der Waals surface area (Å²) in [7, 11) is 0. The molecule has 0 saturated heterocycles. The van der Waals surface area contributed by atoms with E-state index >= 15 is 0 Å². The number of aromatic hydroxyl groups is 2. The Kier molecular flexibility index (Phi) is 9.59. The highest BCUT2D eigenvalue weighted by atomic mass is 16.5. The molecule has 0 radical (unpaired) electrons. The molecular weight excluding hydrogens is 502 g/mol. The van der Waals surface area contributed by atoms with Crippen LogP contribution in [0.2, 0.25) is 0 Å². The van der Waals surface area contributed by atoms with Gasteiger partial charge in [-0.25, -0.2) is 0 Å². The normalized spacial score (nSPS) is 19.2. The van der Waals surface area contributed by atoms with E-state index < -0.39 is 40.2 Å². The average Bonchev–Trinajstić information content (AvgIpc) is 3.17. The minimum absolute atomic E-state index is 0.0156. The van der Waals surface area contributed by atoms with Gasteiger partial charge in [-0.3, -0.25) is 19.2 Å². The van der Waals surface area contributed by atoms with Crippen LogP contribution in [0.15, 0.2) is 23.1 Å². The van der Waals surface area contributed by atoms with Crippen LogP contribution in [-0.2, 0) is 24.5 Å². The summed E-state index contributed by atoms with van der Waals surface area (Å²) in [5.41, 5.74) is -1.75. The zero-order chi connectivity index (χ0) is 28.9. The van der Waals surface area contributed by atoms with E-state index in [2.05, 4.69) is 12.2 Å². The number of phenolic OH excluding ortho intramolecular Hbond substituents is 2. The standard InChI is InChI=1S/C30H39NO8/c1-6-7-8-9-10-11-12-13-14-38-22(34)16-31-18(3)23-20(33)15-21-30(5,29(23)37)25-27(36)17(2)26(35)24(19(4)32)28(25)39-21/h15,31,35-36H,6-14,16H2,1-5H3/b23-18+/t30-/m0/s1. The van der Waals surface area contributed by atoms with Crippen molar-refractivity contribution in [2.75, 3.05) is 13.2 Å². The molecule has 1 aliphatic carbocycles. The highest BCUT2D eigenvalue weighted by molar-refractivity contribution is 6.31. The summed E-state index contributed by atoms with van der Waals surface area (Å²) in [5.74, 6) is -3.34. The number of nitrogens with one attached hydrogen (secondary N) is 1. The van der Waals surface area contributed by atoms with E-state index in [1.165, 1.54) is 59.8 Å². The summed E-state index contributed by atoms with van der Waals surface area (Å²) in [6, 6.07) is 0. The number of allylic oxidation sites excluding steroid dienone is 4. The summed E-state index contributed by atoms with van der Waals surface area (Å²) in [6.07, 6.45) is 10.2. The molecule has 1 aromatic rings. The summed E-state index contributed by atoms with van der Waals surface area (Å²) in [4.78, 5) is 51.2. The Bertz CT molecular complexity index is 1240. The van der Waals surface area contributed by atoms with Crippen LogP contribution in [0.25, 0.3) is 0 Å². The number of benzene rings is 1. The molecule has 0 spiro atoms. The van der Waals surface area contributed by atoms with E-state index in [1.807, 2.05) is 0 Å². The second-order valence-electron chi connectivity index (χ2n) is 10.4. The molecule has 212 valence electrons. The van der Waals surface area contributed by atoms with Crippen LogP contribution in [0.3, 0.4) is 0 Å². The van der Waals surface area contributed by atoms with Crippen LogP contribution < -0.4 is 10.1 Å². The molecule has 0 fully saturated rings. The molecule has 3 rings (SSSR count). The van der Waals surface area contributed by atoms with E-state index in [9.17, 15) is 29.4 Å². The zero-order valence-electron chi connectivity index (χ0n) is 23.5. The summed E-state index contributed by atoms with van der Waals surface area (Å²) < 4.78 is 11.0. The lowest BCUT2D eigenvalue weighted by Crippen LogP contribution is -2.41. The number of carbonyl (C=O) groups is 4. The Hall–Kier alpha value is -3.62. The van der Waals surface area contributed by atoms with Crippen molar-refractivity contribution in [1.29, 1.82) is 0 Å². The molecule has 3 N–H and O–H groups in total. The number of rotatable bonds is 13. The SMILES string of the molecule is CCCCCCCCCCOC(=O)CN/C(C)=C1\C(=O)C=C2Oc3c(C(C)=O)c(O)c(C)c(O)c3[C@@]2(C)C1=O. The summed E-state index contributed by atoms with van der Waals surface area (Å²) >= 11 is 0. The van der Waals surface area contributed by atoms with Crippen molar-refractivity contribution in [1.82, 2.24) is 5.32 Å². The zero-order valence-corrected chi connectivity index (χ0v) is 23.5. The molecule has 39 heavy (non-hydrogen) atoms. The maximum absolute atomic E-state index is 13.8. The van der Waals surface area contributed by atoms with Gasteiger partial charge >= 0.3 is 5.97 Å². The number of fused-ring (bicyclic) bond motifs is 3. The van der Waals surface area contributed by atoms with Gasteiger partial charge in [-0.05, 0) is 34.1 Å². The van der Waals surface area contributed by atoms with Crippen molar-refractivity contribution in [2.24, 2.45) is 0 Å². The third kappa shape index (κ3) is 5.87.